The van der Waals surface area contributed by atoms with Crippen LogP contribution in [-0.4, -0.2) is 30.6 Å². The SMILES string of the molecule is CC(C)(C)C(N)CCN1CCC2(CCCC2)CC1. The topological polar surface area (TPSA) is 29.3 Å². The van der Waals surface area contributed by atoms with Crippen molar-refractivity contribution in [2.75, 3.05) is 19.6 Å². The number of likely N-dealkylation sites (tertiary alicyclic amines) is 1. The van der Waals surface area contributed by atoms with Gasteiger partial charge in [0.1, 0.15) is 0 Å². The zero-order valence-electron chi connectivity index (χ0n) is 12.7. The Hall–Kier alpha value is -0.0800. The zero-order valence-corrected chi connectivity index (χ0v) is 12.7. The van der Waals surface area contributed by atoms with E-state index in [1.165, 1.54) is 58.2 Å². The maximum atomic E-state index is 6.26. The van der Waals surface area contributed by atoms with Gasteiger partial charge in [-0.3, -0.25) is 0 Å². The van der Waals surface area contributed by atoms with Crippen LogP contribution in [0.5, 0.6) is 0 Å². The Balaban J connectivity index is 1.71. The minimum Gasteiger partial charge on any atom is -0.327 e. The second kappa shape index (κ2) is 5.50. The van der Waals surface area contributed by atoms with E-state index in [9.17, 15) is 0 Å². The molecule has 0 amide bonds. The molecule has 1 aliphatic carbocycles. The molecule has 1 saturated carbocycles. The number of nitrogens with zero attached hydrogens (tertiary/aromatic N) is 1. The summed E-state index contributed by atoms with van der Waals surface area (Å²) in [6.07, 6.45) is 10.0. The molecule has 1 unspecified atom stereocenters. The molecule has 0 aromatic heterocycles. The van der Waals surface area contributed by atoms with Gasteiger partial charge in [0, 0.05) is 6.04 Å². The van der Waals surface area contributed by atoms with Crippen LogP contribution in [0.25, 0.3) is 0 Å². The molecular weight excluding hydrogens is 220 g/mol. The van der Waals surface area contributed by atoms with Crippen LogP contribution in [0.15, 0.2) is 0 Å². The Kier molecular flexibility index (Phi) is 4.38. The summed E-state index contributed by atoms with van der Waals surface area (Å²) < 4.78 is 0. The standard InChI is InChI=1S/C16H32N2/c1-15(2,3)14(17)6-11-18-12-9-16(10-13-18)7-4-5-8-16/h14H,4-13,17H2,1-3H3. The fraction of sp³-hybridized carbons (Fsp3) is 1.00. The quantitative estimate of drug-likeness (QED) is 0.834. The summed E-state index contributed by atoms with van der Waals surface area (Å²) >= 11 is 0. The van der Waals surface area contributed by atoms with Gasteiger partial charge in [-0.2, -0.15) is 0 Å². The van der Waals surface area contributed by atoms with Gasteiger partial charge in [-0.1, -0.05) is 33.6 Å². The number of nitrogens with two attached hydrogens (primary N) is 1. The molecule has 0 radical (unpaired) electrons. The Labute approximate surface area is 113 Å². The molecule has 2 aliphatic rings. The summed E-state index contributed by atoms with van der Waals surface area (Å²) in [5.74, 6) is 0. The Morgan fingerprint density at radius 3 is 2.11 bits per heavy atom. The molecule has 106 valence electrons. The molecule has 2 N–H and O–H groups in total. The second-order valence-corrected chi connectivity index (χ2v) is 7.81. The van der Waals surface area contributed by atoms with Crippen molar-refractivity contribution in [1.82, 2.24) is 4.90 Å². The lowest BCUT2D eigenvalue weighted by molar-refractivity contribution is 0.102. The molecule has 0 aromatic carbocycles. The van der Waals surface area contributed by atoms with Crippen molar-refractivity contribution in [3.63, 3.8) is 0 Å². The average molecular weight is 252 g/mol. The van der Waals surface area contributed by atoms with Crippen molar-refractivity contribution in [2.24, 2.45) is 16.6 Å². The predicted octanol–water partition coefficient (Wildman–Crippen LogP) is 3.41. The number of hydrogen-bond acceptors (Lipinski definition) is 2. The highest BCUT2D eigenvalue weighted by atomic mass is 15.1. The molecule has 1 heterocycles. The van der Waals surface area contributed by atoms with Crippen LogP contribution in [0.2, 0.25) is 0 Å². The monoisotopic (exact) mass is 252 g/mol. The number of piperidine rings is 1. The highest BCUT2D eigenvalue weighted by Crippen LogP contribution is 2.46. The van der Waals surface area contributed by atoms with Crippen LogP contribution in [0.1, 0.15) is 65.7 Å². The van der Waals surface area contributed by atoms with Gasteiger partial charge in [0.25, 0.3) is 0 Å². The van der Waals surface area contributed by atoms with E-state index < -0.39 is 0 Å². The highest BCUT2D eigenvalue weighted by Gasteiger charge is 2.36. The first-order valence-electron chi connectivity index (χ1n) is 7.89. The molecule has 1 aliphatic heterocycles. The maximum absolute atomic E-state index is 6.26. The first-order chi connectivity index (χ1) is 8.41. The van der Waals surface area contributed by atoms with Gasteiger partial charge in [0.05, 0.1) is 0 Å². The molecule has 18 heavy (non-hydrogen) atoms. The molecular formula is C16H32N2. The van der Waals surface area contributed by atoms with Crippen LogP contribution < -0.4 is 5.73 Å². The average Bonchev–Trinajstić information content (AvgIpc) is 2.75. The van der Waals surface area contributed by atoms with Gasteiger partial charge >= 0.3 is 0 Å². The second-order valence-electron chi connectivity index (χ2n) is 7.81. The van der Waals surface area contributed by atoms with Gasteiger partial charge < -0.3 is 10.6 Å². The number of hydrogen-bond donors (Lipinski definition) is 1. The van der Waals surface area contributed by atoms with Crippen molar-refractivity contribution in [2.45, 2.75) is 71.8 Å². The van der Waals surface area contributed by atoms with Gasteiger partial charge in [-0.05, 0) is 62.6 Å². The van der Waals surface area contributed by atoms with E-state index in [1.807, 2.05) is 0 Å². The van der Waals surface area contributed by atoms with Crippen molar-refractivity contribution >= 4 is 0 Å². The maximum Gasteiger partial charge on any atom is 0.00998 e. The summed E-state index contributed by atoms with van der Waals surface area (Å²) in [5, 5.41) is 0. The Bertz CT molecular complexity index is 251. The Morgan fingerprint density at radius 2 is 1.61 bits per heavy atom. The third-order valence-electron chi connectivity index (χ3n) is 5.45. The molecule has 2 heteroatoms. The fourth-order valence-electron chi connectivity index (χ4n) is 3.63. The Morgan fingerprint density at radius 1 is 1.06 bits per heavy atom. The van der Waals surface area contributed by atoms with Crippen LogP contribution in [0.3, 0.4) is 0 Å². The molecule has 0 aromatic rings. The van der Waals surface area contributed by atoms with E-state index in [-0.39, 0.29) is 5.41 Å². The zero-order chi connectivity index (χ0) is 13.2. The first-order valence-corrected chi connectivity index (χ1v) is 7.89. The van der Waals surface area contributed by atoms with Crippen LogP contribution >= 0.6 is 0 Å². The summed E-state index contributed by atoms with van der Waals surface area (Å²) in [5.41, 5.74) is 7.26. The largest absolute Gasteiger partial charge is 0.327 e. The smallest absolute Gasteiger partial charge is 0.00998 e. The minimum absolute atomic E-state index is 0.252. The van der Waals surface area contributed by atoms with Crippen molar-refractivity contribution < 1.29 is 0 Å². The molecule has 2 rings (SSSR count). The van der Waals surface area contributed by atoms with E-state index in [2.05, 4.69) is 25.7 Å². The van der Waals surface area contributed by atoms with Crippen LogP contribution in [0.4, 0.5) is 0 Å². The normalized spacial score (nSPS) is 26.7. The van der Waals surface area contributed by atoms with E-state index in [0.29, 0.717) is 6.04 Å². The molecule has 1 atom stereocenters. The van der Waals surface area contributed by atoms with Crippen LogP contribution in [0, 0.1) is 10.8 Å². The highest BCUT2D eigenvalue weighted by molar-refractivity contribution is 4.90. The lowest BCUT2D eigenvalue weighted by Gasteiger charge is -2.40. The summed E-state index contributed by atoms with van der Waals surface area (Å²) in [6, 6.07) is 0.333. The van der Waals surface area contributed by atoms with E-state index in [0.717, 1.165) is 11.8 Å². The molecule has 2 fully saturated rings. The van der Waals surface area contributed by atoms with Gasteiger partial charge in [-0.25, -0.2) is 0 Å². The summed E-state index contributed by atoms with van der Waals surface area (Å²) in [6.45, 7) is 10.6. The minimum atomic E-state index is 0.252. The predicted molar refractivity (Wildman–Crippen MR) is 78.6 cm³/mol. The molecule has 0 bridgehead atoms. The summed E-state index contributed by atoms with van der Waals surface area (Å²) in [7, 11) is 0. The fourth-order valence-corrected chi connectivity index (χ4v) is 3.63. The molecule has 1 saturated heterocycles. The van der Waals surface area contributed by atoms with Gasteiger partial charge in [-0.15, -0.1) is 0 Å². The lowest BCUT2D eigenvalue weighted by atomic mass is 9.77. The number of rotatable bonds is 3. The summed E-state index contributed by atoms with van der Waals surface area (Å²) in [4.78, 5) is 2.65. The molecule has 1 spiro atoms. The van der Waals surface area contributed by atoms with E-state index >= 15 is 0 Å². The first kappa shape index (κ1) is 14.3. The van der Waals surface area contributed by atoms with Gasteiger partial charge in [0.2, 0.25) is 0 Å². The molecule has 2 nitrogen and oxygen atoms in total. The van der Waals surface area contributed by atoms with Crippen LogP contribution in [-0.2, 0) is 0 Å². The van der Waals surface area contributed by atoms with E-state index in [4.69, 9.17) is 5.73 Å². The van der Waals surface area contributed by atoms with Gasteiger partial charge in [0.15, 0.2) is 0 Å². The van der Waals surface area contributed by atoms with E-state index in [1.54, 1.807) is 0 Å². The lowest BCUT2D eigenvalue weighted by Crippen LogP contribution is -2.43. The third-order valence-corrected chi connectivity index (χ3v) is 5.45. The van der Waals surface area contributed by atoms with Crippen molar-refractivity contribution in [3.05, 3.63) is 0 Å². The van der Waals surface area contributed by atoms with Crippen molar-refractivity contribution in [1.29, 1.82) is 0 Å². The van der Waals surface area contributed by atoms with Crippen molar-refractivity contribution in [3.8, 4) is 0 Å². The third kappa shape index (κ3) is 3.48.